The highest BCUT2D eigenvalue weighted by atomic mass is 16.5. The van der Waals surface area contributed by atoms with E-state index in [1.165, 1.54) is 25.7 Å². The van der Waals surface area contributed by atoms with Crippen LogP contribution < -0.4 is 11.1 Å². The fraction of sp³-hybridized carbons (Fsp3) is 0.857. The van der Waals surface area contributed by atoms with Crippen LogP contribution in [0.1, 0.15) is 32.6 Å². The number of carbonyl (C=O) groups excluding carboxylic acids is 2. The zero-order valence-electron chi connectivity index (χ0n) is 12.1. The minimum absolute atomic E-state index is 0.113. The van der Waals surface area contributed by atoms with E-state index in [9.17, 15) is 9.59 Å². The minimum atomic E-state index is -0.677. The van der Waals surface area contributed by atoms with Crippen LogP contribution in [0.5, 0.6) is 0 Å². The quantitative estimate of drug-likeness (QED) is 0.800. The molecule has 1 saturated heterocycles. The highest BCUT2D eigenvalue weighted by Crippen LogP contribution is 2.27. The Kier molecular flexibility index (Phi) is 5.23. The summed E-state index contributed by atoms with van der Waals surface area (Å²) in [6.45, 7) is 4.12. The Morgan fingerprint density at radius 1 is 1.40 bits per heavy atom. The van der Waals surface area contributed by atoms with Crippen molar-refractivity contribution in [2.45, 2.75) is 38.7 Å². The minimum Gasteiger partial charge on any atom is -0.367 e. The van der Waals surface area contributed by atoms with Gasteiger partial charge in [-0.1, -0.05) is 19.8 Å². The molecular weight excluding hydrogens is 258 g/mol. The van der Waals surface area contributed by atoms with Crippen LogP contribution in [0.15, 0.2) is 0 Å². The Morgan fingerprint density at radius 2 is 2.20 bits per heavy atom. The molecule has 3 unspecified atom stereocenters. The van der Waals surface area contributed by atoms with Gasteiger partial charge in [0.1, 0.15) is 0 Å². The Hall–Kier alpha value is -1.30. The number of hydrogen-bond donors (Lipinski definition) is 2. The van der Waals surface area contributed by atoms with Crippen molar-refractivity contribution >= 4 is 11.9 Å². The topological polar surface area (TPSA) is 84.7 Å². The van der Waals surface area contributed by atoms with Crippen LogP contribution in [0.2, 0.25) is 0 Å². The van der Waals surface area contributed by atoms with Crippen LogP contribution in [0.4, 0.5) is 4.79 Å². The molecule has 0 aromatic heterocycles. The molecular formula is C14H25N3O3. The molecule has 0 aromatic rings. The second kappa shape index (κ2) is 6.92. The standard InChI is InChI=1S/C14H25N3O3/c1-10-3-2-4-11(7-10)8-16-14(19)17-5-6-20-12(9-17)13(15)18/h10-12H,2-9H2,1H3,(H2,15,18)(H,16,19). The molecule has 3 N–H and O–H groups in total. The molecule has 2 rings (SSSR count). The summed E-state index contributed by atoms with van der Waals surface area (Å²) in [7, 11) is 0. The number of nitrogens with zero attached hydrogens (tertiary/aromatic N) is 1. The van der Waals surface area contributed by atoms with Crippen molar-refractivity contribution in [2.75, 3.05) is 26.2 Å². The van der Waals surface area contributed by atoms with Crippen molar-refractivity contribution in [3.8, 4) is 0 Å². The van der Waals surface area contributed by atoms with E-state index in [4.69, 9.17) is 10.5 Å². The first kappa shape index (κ1) is 15.1. The normalized spacial score (nSPS) is 30.9. The monoisotopic (exact) mass is 283 g/mol. The molecule has 6 nitrogen and oxygen atoms in total. The van der Waals surface area contributed by atoms with Crippen LogP contribution in [-0.2, 0) is 9.53 Å². The van der Waals surface area contributed by atoms with E-state index < -0.39 is 12.0 Å². The molecule has 3 amide bonds. The second-order valence-corrected chi connectivity index (χ2v) is 6.03. The average Bonchev–Trinajstić information content (AvgIpc) is 2.45. The second-order valence-electron chi connectivity index (χ2n) is 6.03. The maximum Gasteiger partial charge on any atom is 0.317 e. The van der Waals surface area contributed by atoms with Crippen molar-refractivity contribution in [1.82, 2.24) is 10.2 Å². The highest BCUT2D eigenvalue weighted by molar-refractivity contribution is 5.81. The molecule has 114 valence electrons. The SMILES string of the molecule is CC1CCCC(CNC(=O)N2CCOC(C(N)=O)C2)C1. The molecule has 2 aliphatic rings. The summed E-state index contributed by atoms with van der Waals surface area (Å²) in [5, 5.41) is 2.98. The van der Waals surface area contributed by atoms with Gasteiger partial charge in [-0.05, 0) is 24.7 Å². The molecule has 3 atom stereocenters. The Balaban J connectivity index is 1.75. The van der Waals surface area contributed by atoms with Crippen LogP contribution in [0.3, 0.4) is 0 Å². The number of carbonyl (C=O) groups is 2. The van der Waals surface area contributed by atoms with Gasteiger partial charge in [-0.2, -0.15) is 0 Å². The van der Waals surface area contributed by atoms with E-state index in [1.54, 1.807) is 4.90 Å². The van der Waals surface area contributed by atoms with Gasteiger partial charge in [0.2, 0.25) is 5.91 Å². The van der Waals surface area contributed by atoms with Gasteiger partial charge in [0.15, 0.2) is 6.10 Å². The number of morpholine rings is 1. The molecule has 1 saturated carbocycles. The van der Waals surface area contributed by atoms with Crippen molar-refractivity contribution in [3.05, 3.63) is 0 Å². The lowest BCUT2D eigenvalue weighted by Crippen LogP contribution is -2.53. The summed E-state index contributed by atoms with van der Waals surface area (Å²) in [6, 6.07) is -0.113. The van der Waals surface area contributed by atoms with Gasteiger partial charge in [0.05, 0.1) is 13.2 Å². The third-order valence-corrected chi connectivity index (χ3v) is 4.26. The lowest BCUT2D eigenvalue weighted by molar-refractivity contribution is -0.133. The van der Waals surface area contributed by atoms with E-state index in [0.29, 0.717) is 19.1 Å². The van der Waals surface area contributed by atoms with Crippen molar-refractivity contribution in [1.29, 1.82) is 0 Å². The first-order chi connectivity index (χ1) is 9.56. The fourth-order valence-corrected chi connectivity index (χ4v) is 3.09. The molecule has 1 aliphatic carbocycles. The number of hydrogen-bond acceptors (Lipinski definition) is 3. The molecule has 20 heavy (non-hydrogen) atoms. The molecule has 0 bridgehead atoms. The summed E-state index contributed by atoms with van der Waals surface area (Å²) in [5.74, 6) is 0.826. The Morgan fingerprint density at radius 3 is 2.90 bits per heavy atom. The molecule has 0 spiro atoms. The molecule has 0 aromatic carbocycles. The Bertz CT molecular complexity index is 362. The van der Waals surface area contributed by atoms with E-state index in [-0.39, 0.29) is 12.6 Å². The number of nitrogens with one attached hydrogen (secondary N) is 1. The third-order valence-electron chi connectivity index (χ3n) is 4.26. The Labute approximate surface area is 120 Å². The zero-order chi connectivity index (χ0) is 14.5. The summed E-state index contributed by atoms with van der Waals surface area (Å²) < 4.78 is 5.23. The van der Waals surface area contributed by atoms with Crippen LogP contribution in [0.25, 0.3) is 0 Å². The summed E-state index contributed by atoms with van der Waals surface area (Å²) >= 11 is 0. The van der Waals surface area contributed by atoms with E-state index in [0.717, 1.165) is 12.5 Å². The van der Waals surface area contributed by atoms with Gasteiger partial charge in [-0.3, -0.25) is 4.79 Å². The fourth-order valence-electron chi connectivity index (χ4n) is 3.09. The van der Waals surface area contributed by atoms with E-state index in [1.807, 2.05) is 0 Å². The lowest BCUT2D eigenvalue weighted by atomic mass is 9.82. The lowest BCUT2D eigenvalue weighted by Gasteiger charge is -2.32. The maximum absolute atomic E-state index is 12.1. The zero-order valence-corrected chi connectivity index (χ0v) is 12.1. The molecule has 0 radical (unpaired) electrons. The van der Waals surface area contributed by atoms with E-state index >= 15 is 0 Å². The van der Waals surface area contributed by atoms with Gasteiger partial charge in [0.25, 0.3) is 0 Å². The maximum atomic E-state index is 12.1. The van der Waals surface area contributed by atoms with Gasteiger partial charge >= 0.3 is 6.03 Å². The third kappa shape index (κ3) is 4.10. The van der Waals surface area contributed by atoms with Crippen molar-refractivity contribution < 1.29 is 14.3 Å². The molecule has 1 aliphatic heterocycles. The number of primary amides is 1. The molecule has 6 heteroatoms. The van der Waals surface area contributed by atoms with Gasteiger partial charge in [-0.25, -0.2) is 4.79 Å². The first-order valence-electron chi connectivity index (χ1n) is 7.50. The number of nitrogens with two attached hydrogens (primary N) is 1. The predicted octanol–water partition coefficient (Wildman–Crippen LogP) is 0.708. The van der Waals surface area contributed by atoms with E-state index in [2.05, 4.69) is 12.2 Å². The number of ether oxygens (including phenoxy) is 1. The number of amides is 3. The molecule has 2 fully saturated rings. The van der Waals surface area contributed by atoms with Crippen LogP contribution in [-0.4, -0.2) is 49.2 Å². The number of urea groups is 1. The van der Waals surface area contributed by atoms with Gasteiger partial charge < -0.3 is 20.7 Å². The first-order valence-corrected chi connectivity index (χ1v) is 7.50. The highest BCUT2D eigenvalue weighted by Gasteiger charge is 2.28. The largest absolute Gasteiger partial charge is 0.367 e. The summed E-state index contributed by atoms with van der Waals surface area (Å²) in [5.41, 5.74) is 5.21. The smallest absolute Gasteiger partial charge is 0.317 e. The predicted molar refractivity (Wildman–Crippen MR) is 75.0 cm³/mol. The van der Waals surface area contributed by atoms with Crippen molar-refractivity contribution in [2.24, 2.45) is 17.6 Å². The van der Waals surface area contributed by atoms with Gasteiger partial charge in [0, 0.05) is 13.1 Å². The van der Waals surface area contributed by atoms with Crippen molar-refractivity contribution in [3.63, 3.8) is 0 Å². The average molecular weight is 283 g/mol. The van der Waals surface area contributed by atoms with Crippen LogP contribution >= 0.6 is 0 Å². The van der Waals surface area contributed by atoms with Gasteiger partial charge in [-0.15, -0.1) is 0 Å². The summed E-state index contributed by atoms with van der Waals surface area (Å²) in [6.07, 6.45) is 4.26. The molecule has 1 heterocycles. The summed E-state index contributed by atoms with van der Waals surface area (Å²) in [4.78, 5) is 24.8. The van der Waals surface area contributed by atoms with Crippen LogP contribution in [0, 0.1) is 11.8 Å². The number of rotatable bonds is 3.